The van der Waals surface area contributed by atoms with Gasteiger partial charge in [-0.3, -0.25) is 4.79 Å². The number of carbonyl (C=O) groups is 1. The summed E-state index contributed by atoms with van der Waals surface area (Å²) < 4.78 is 5.19. The number of ether oxygens (including phenoxy) is 1. The van der Waals surface area contributed by atoms with E-state index in [1.54, 1.807) is 0 Å². The third-order valence-corrected chi connectivity index (χ3v) is 4.03. The summed E-state index contributed by atoms with van der Waals surface area (Å²) in [5, 5.41) is 3.57. The molecular formula is C16H32N2O2. The molecule has 1 fully saturated rings. The van der Waals surface area contributed by atoms with E-state index >= 15 is 0 Å². The second-order valence-corrected chi connectivity index (χ2v) is 5.93. The van der Waals surface area contributed by atoms with Crippen LogP contribution in [0.1, 0.15) is 70.6 Å². The van der Waals surface area contributed by atoms with Crippen LogP contribution in [0.3, 0.4) is 0 Å². The molecule has 0 unspecified atom stereocenters. The highest BCUT2D eigenvalue weighted by molar-refractivity contribution is 5.74. The molecule has 0 spiro atoms. The van der Waals surface area contributed by atoms with Crippen LogP contribution in [0.5, 0.6) is 0 Å². The van der Waals surface area contributed by atoms with Gasteiger partial charge in [0.05, 0.1) is 6.61 Å². The molecule has 0 aromatic heterocycles. The van der Waals surface area contributed by atoms with E-state index in [9.17, 15) is 4.79 Å². The lowest BCUT2D eigenvalue weighted by molar-refractivity contribution is -0.122. The average Bonchev–Trinajstić information content (AvgIpc) is 2.40. The zero-order valence-corrected chi connectivity index (χ0v) is 12.9. The molecular weight excluding hydrogens is 252 g/mol. The predicted octanol–water partition coefficient (Wildman–Crippen LogP) is 2.75. The molecule has 1 rings (SSSR count). The number of nitrogens with two attached hydrogens (primary N) is 1. The van der Waals surface area contributed by atoms with Crippen molar-refractivity contribution >= 4 is 5.91 Å². The van der Waals surface area contributed by atoms with Crippen LogP contribution >= 0.6 is 0 Å². The van der Waals surface area contributed by atoms with Gasteiger partial charge in [-0.25, -0.2) is 0 Å². The summed E-state index contributed by atoms with van der Waals surface area (Å²) in [5.74, 6) is -0.393. The molecule has 0 aliphatic heterocycles. The molecule has 0 heterocycles. The second-order valence-electron chi connectivity index (χ2n) is 5.93. The lowest BCUT2D eigenvalue weighted by Gasteiger charge is -2.19. The fourth-order valence-electron chi connectivity index (χ4n) is 2.88. The van der Waals surface area contributed by atoms with E-state index in [2.05, 4.69) is 5.32 Å². The lowest BCUT2D eigenvalue weighted by atomic mass is 9.98. The number of amides is 1. The number of primary amides is 1. The van der Waals surface area contributed by atoms with Crippen LogP contribution in [0.15, 0.2) is 0 Å². The summed E-state index contributed by atoms with van der Waals surface area (Å²) in [6.07, 6.45) is 15.0. The van der Waals surface area contributed by atoms with Crippen molar-refractivity contribution in [3.8, 4) is 0 Å². The molecule has 20 heavy (non-hydrogen) atoms. The molecule has 1 amide bonds. The van der Waals surface area contributed by atoms with Gasteiger partial charge in [-0.2, -0.15) is 0 Å². The molecule has 1 aliphatic rings. The molecule has 0 bridgehead atoms. The van der Waals surface area contributed by atoms with Gasteiger partial charge in [0.1, 0.15) is 6.61 Å². The van der Waals surface area contributed by atoms with Crippen molar-refractivity contribution in [2.24, 2.45) is 5.73 Å². The minimum Gasteiger partial charge on any atom is -0.370 e. The zero-order valence-electron chi connectivity index (χ0n) is 12.9. The molecule has 1 saturated carbocycles. The average molecular weight is 284 g/mol. The van der Waals surface area contributed by atoms with E-state index in [4.69, 9.17) is 10.5 Å². The number of hydrogen-bond donors (Lipinski definition) is 2. The standard InChI is InChI=1S/C16H32N2O2/c17-16(19)14-20-13-12-18-15-10-8-6-4-2-1-3-5-7-9-11-15/h15,18H,1-14H2,(H2,17,19). The molecule has 0 aromatic carbocycles. The van der Waals surface area contributed by atoms with E-state index in [1.165, 1.54) is 70.6 Å². The highest BCUT2D eigenvalue weighted by atomic mass is 16.5. The molecule has 0 saturated heterocycles. The van der Waals surface area contributed by atoms with Crippen molar-refractivity contribution in [3.05, 3.63) is 0 Å². The van der Waals surface area contributed by atoms with Crippen molar-refractivity contribution in [2.45, 2.75) is 76.7 Å². The van der Waals surface area contributed by atoms with Crippen molar-refractivity contribution < 1.29 is 9.53 Å². The Balaban J connectivity index is 2.13. The smallest absolute Gasteiger partial charge is 0.243 e. The van der Waals surface area contributed by atoms with E-state index in [1.807, 2.05) is 0 Å². The Hall–Kier alpha value is -0.610. The van der Waals surface area contributed by atoms with Gasteiger partial charge in [0, 0.05) is 12.6 Å². The number of carbonyl (C=O) groups excluding carboxylic acids is 1. The first-order valence-corrected chi connectivity index (χ1v) is 8.38. The van der Waals surface area contributed by atoms with Gasteiger partial charge in [0.2, 0.25) is 5.91 Å². The predicted molar refractivity (Wildman–Crippen MR) is 82.6 cm³/mol. The van der Waals surface area contributed by atoms with E-state index < -0.39 is 5.91 Å². The fraction of sp³-hybridized carbons (Fsp3) is 0.938. The van der Waals surface area contributed by atoms with Crippen molar-refractivity contribution in [1.82, 2.24) is 5.32 Å². The van der Waals surface area contributed by atoms with Crippen LogP contribution in [-0.4, -0.2) is 31.7 Å². The molecule has 118 valence electrons. The maximum Gasteiger partial charge on any atom is 0.243 e. The zero-order chi connectivity index (χ0) is 14.5. The topological polar surface area (TPSA) is 64.4 Å². The second kappa shape index (κ2) is 12.2. The number of hydrogen-bond acceptors (Lipinski definition) is 3. The minimum absolute atomic E-state index is 0.0341. The Labute approximate surface area is 123 Å². The Kier molecular flexibility index (Phi) is 10.6. The largest absolute Gasteiger partial charge is 0.370 e. The molecule has 0 radical (unpaired) electrons. The summed E-state index contributed by atoms with van der Waals surface area (Å²) >= 11 is 0. The third kappa shape index (κ3) is 10.2. The van der Waals surface area contributed by atoms with Gasteiger partial charge in [0.25, 0.3) is 0 Å². The number of nitrogens with one attached hydrogen (secondary N) is 1. The summed E-state index contributed by atoms with van der Waals surface area (Å²) in [7, 11) is 0. The molecule has 1 aliphatic carbocycles. The third-order valence-electron chi connectivity index (χ3n) is 4.03. The van der Waals surface area contributed by atoms with Gasteiger partial charge in [-0.05, 0) is 12.8 Å². The molecule has 0 atom stereocenters. The van der Waals surface area contributed by atoms with Crippen LogP contribution < -0.4 is 11.1 Å². The summed E-state index contributed by atoms with van der Waals surface area (Å²) in [5.41, 5.74) is 5.03. The van der Waals surface area contributed by atoms with Crippen LogP contribution in [-0.2, 0) is 9.53 Å². The summed E-state index contributed by atoms with van der Waals surface area (Å²) in [6.45, 7) is 1.42. The normalized spacial score (nSPS) is 20.0. The molecule has 4 heteroatoms. The van der Waals surface area contributed by atoms with Gasteiger partial charge in [0.15, 0.2) is 0 Å². The first-order chi connectivity index (χ1) is 9.79. The minimum atomic E-state index is -0.393. The maximum absolute atomic E-state index is 10.6. The van der Waals surface area contributed by atoms with E-state index in [-0.39, 0.29) is 6.61 Å². The number of rotatable bonds is 6. The highest BCUT2D eigenvalue weighted by Crippen LogP contribution is 2.16. The van der Waals surface area contributed by atoms with E-state index in [0.29, 0.717) is 12.6 Å². The Morgan fingerprint density at radius 1 is 0.950 bits per heavy atom. The molecule has 3 N–H and O–H groups in total. The SMILES string of the molecule is NC(=O)COCCNC1CCCCCCCCCCC1. The Morgan fingerprint density at radius 2 is 1.45 bits per heavy atom. The van der Waals surface area contributed by atoms with E-state index in [0.717, 1.165) is 6.54 Å². The Morgan fingerprint density at radius 3 is 1.95 bits per heavy atom. The van der Waals surface area contributed by atoms with Crippen LogP contribution in [0, 0.1) is 0 Å². The van der Waals surface area contributed by atoms with Crippen LogP contribution in [0.25, 0.3) is 0 Å². The van der Waals surface area contributed by atoms with Crippen molar-refractivity contribution in [1.29, 1.82) is 0 Å². The monoisotopic (exact) mass is 284 g/mol. The molecule has 4 nitrogen and oxygen atoms in total. The highest BCUT2D eigenvalue weighted by Gasteiger charge is 2.08. The van der Waals surface area contributed by atoms with Crippen molar-refractivity contribution in [2.75, 3.05) is 19.8 Å². The van der Waals surface area contributed by atoms with Crippen molar-refractivity contribution in [3.63, 3.8) is 0 Å². The first-order valence-electron chi connectivity index (χ1n) is 8.38. The summed E-state index contributed by atoms with van der Waals surface area (Å²) in [4.78, 5) is 10.6. The lowest BCUT2D eigenvalue weighted by Crippen LogP contribution is -2.33. The van der Waals surface area contributed by atoms with Gasteiger partial charge < -0.3 is 15.8 Å². The quantitative estimate of drug-likeness (QED) is 0.737. The first kappa shape index (κ1) is 17.4. The maximum atomic E-state index is 10.6. The van der Waals surface area contributed by atoms with Crippen LogP contribution in [0.2, 0.25) is 0 Å². The summed E-state index contributed by atoms with van der Waals surface area (Å²) in [6, 6.07) is 0.617. The Bertz CT molecular complexity index is 235. The van der Waals surface area contributed by atoms with Gasteiger partial charge in [-0.15, -0.1) is 0 Å². The van der Waals surface area contributed by atoms with Crippen LogP contribution in [0.4, 0.5) is 0 Å². The fourth-order valence-corrected chi connectivity index (χ4v) is 2.88. The molecule has 0 aromatic rings. The van der Waals surface area contributed by atoms with Gasteiger partial charge >= 0.3 is 0 Å². The van der Waals surface area contributed by atoms with Gasteiger partial charge in [-0.1, -0.05) is 57.8 Å².